The third kappa shape index (κ3) is 2.87. The molecule has 0 spiro atoms. The van der Waals surface area contributed by atoms with E-state index < -0.39 is 5.41 Å². The Morgan fingerprint density at radius 3 is 2.89 bits per heavy atom. The molecule has 0 aliphatic rings. The van der Waals surface area contributed by atoms with E-state index in [0.717, 1.165) is 9.40 Å². The van der Waals surface area contributed by atoms with Crippen LogP contribution in [0.3, 0.4) is 0 Å². The number of carbonyl (C=O) groups excluding carboxylic acids is 1. The molecule has 4 N–H and O–H groups in total. The maximum Gasteiger partial charge on any atom is 0.261 e. The average Bonchev–Trinajstić information content (AvgIpc) is 2.95. The zero-order valence-electron chi connectivity index (χ0n) is 10.6. The summed E-state index contributed by atoms with van der Waals surface area (Å²) in [4.78, 5) is 12.7. The number of hydrogen-bond donors (Lipinski definition) is 3. The maximum atomic E-state index is 12.0. The lowest BCUT2D eigenvalue weighted by molar-refractivity contribution is 0.0948. The van der Waals surface area contributed by atoms with Crippen molar-refractivity contribution in [2.75, 3.05) is 6.54 Å². The van der Waals surface area contributed by atoms with Gasteiger partial charge in [-0.25, -0.2) is 0 Å². The van der Waals surface area contributed by atoms with Gasteiger partial charge in [0.2, 0.25) is 0 Å². The van der Waals surface area contributed by atoms with Crippen molar-refractivity contribution in [1.82, 2.24) is 5.32 Å². The minimum atomic E-state index is -0.584. The predicted molar refractivity (Wildman–Crippen MR) is 79.2 cm³/mol. The first-order valence-corrected chi connectivity index (χ1v) is 7.37. The van der Waals surface area contributed by atoms with Gasteiger partial charge >= 0.3 is 0 Å². The highest BCUT2D eigenvalue weighted by atomic mass is 32.1. The number of thiophene rings is 2. The molecule has 1 amide bonds. The van der Waals surface area contributed by atoms with Crippen LogP contribution in [-0.4, -0.2) is 23.5 Å². The molecule has 0 aliphatic heterocycles. The summed E-state index contributed by atoms with van der Waals surface area (Å²) in [5, 5.41) is 16.5. The highest BCUT2D eigenvalue weighted by molar-refractivity contribution is 7.27. The molecule has 2 heterocycles. The number of hydrogen-bond acceptors (Lipinski definition) is 5. The topological polar surface area (TPSA) is 87.7 Å². The van der Waals surface area contributed by atoms with Crippen LogP contribution in [0.25, 0.3) is 9.40 Å². The van der Waals surface area contributed by atoms with Gasteiger partial charge < -0.3 is 16.3 Å². The van der Waals surface area contributed by atoms with Gasteiger partial charge in [-0.15, -0.1) is 22.7 Å². The monoisotopic (exact) mass is 297 g/mol. The fourth-order valence-electron chi connectivity index (χ4n) is 1.49. The largest absolute Gasteiger partial charge is 0.409 e. The molecular weight excluding hydrogens is 282 g/mol. The van der Waals surface area contributed by atoms with Crippen molar-refractivity contribution in [3.8, 4) is 0 Å². The number of amides is 1. The second-order valence-corrected chi connectivity index (χ2v) is 6.84. The van der Waals surface area contributed by atoms with Crippen LogP contribution in [0.15, 0.2) is 22.7 Å². The van der Waals surface area contributed by atoms with Crippen LogP contribution in [0, 0.1) is 5.41 Å². The van der Waals surface area contributed by atoms with Crippen molar-refractivity contribution in [2.24, 2.45) is 16.3 Å². The van der Waals surface area contributed by atoms with Crippen molar-refractivity contribution >= 4 is 43.8 Å². The number of nitrogens with zero attached hydrogens (tertiary/aromatic N) is 1. The van der Waals surface area contributed by atoms with Gasteiger partial charge in [0.05, 0.1) is 4.88 Å². The summed E-state index contributed by atoms with van der Waals surface area (Å²) in [6.07, 6.45) is 0. The van der Waals surface area contributed by atoms with E-state index in [4.69, 9.17) is 10.9 Å². The Balaban J connectivity index is 2.04. The average molecular weight is 297 g/mol. The number of amidine groups is 1. The molecule has 0 aliphatic carbocycles. The summed E-state index contributed by atoms with van der Waals surface area (Å²) in [6.45, 7) is 3.91. The Kier molecular flexibility index (Phi) is 3.77. The lowest BCUT2D eigenvalue weighted by Crippen LogP contribution is -2.42. The maximum absolute atomic E-state index is 12.0. The Hall–Kier alpha value is -1.60. The minimum Gasteiger partial charge on any atom is -0.409 e. The zero-order chi connectivity index (χ0) is 14.0. The number of oxime groups is 1. The molecule has 7 heteroatoms. The van der Waals surface area contributed by atoms with Crippen LogP contribution in [0.1, 0.15) is 23.5 Å². The van der Waals surface area contributed by atoms with E-state index in [-0.39, 0.29) is 11.7 Å². The molecule has 2 aromatic heterocycles. The Morgan fingerprint density at radius 2 is 2.26 bits per heavy atom. The summed E-state index contributed by atoms with van der Waals surface area (Å²) < 4.78 is 2.23. The van der Waals surface area contributed by atoms with Crippen LogP contribution in [0.2, 0.25) is 0 Å². The summed E-state index contributed by atoms with van der Waals surface area (Å²) >= 11 is 3.08. The minimum absolute atomic E-state index is 0.0972. The van der Waals surface area contributed by atoms with Crippen LogP contribution in [-0.2, 0) is 0 Å². The van der Waals surface area contributed by atoms with Crippen LogP contribution >= 0.6 is 22.7 Å². The van der Waals surface area contributed by atoms with Gasteiger partial charge in [0.1, 0.15) is 5.84 Å². The van der Waals surface area contributed by atoms with E-state index in [1.807, 2.05) is 17.5 Å². The van der Waals surface area contributed by atoms with Gasteiger partial charge in [-0.2, -0.15) is 0 Å². The van der Waals surface area contributed by atoms with Gasteiger partial charge in [0.25, 0.3) is 5.91 Å². The highest BCUT2D eigenvalue weighted by Gasteiger charge is 2.25. The first kappa shape index (κ1) is 13.8. The van der Waals surface area contributed by atoms with Crippen molar-refractivity contribution < 1.29 is 10.0 Å². The molecule has 2 rings (SSSR count). The molecule has 0 bridgehead atoms. The molecule has 19 heavy (non-hydrogen) atoms. The number of nitrogens with one attached hydrogen (secondary N) is 1. The molecule has 102 valence electrons. The normalized spacial score (nSPS) is 12.8. The fraction of sp³-hybridized carbons (Fsp3) is 0.333. The smallest absolute Gasteiger partial charge is 0.261 e. The molecular formula is C12H15N3O2S2. The zero-order valence-corrected chi connectivity index (χ0v) is 12.3. The summed E-state index contributed by atoms with van der Waals surface area (Å²) in [6, 6.07) is 3.89. The molecule has 0 unspecified atom stereocenters. The van der Waals surface area contributed by atoms with Gasteiger partial charge in [0, 0.05) is 21.4 Å². The lowest BCUT2D eigenvalue weighted by atomic mass is 9.92. The first-order valence-electron chi connectivity index (χ1n) is 5.67. The molecule has 0 saturated heterocycles. The van der Waals surface area contributed by atoms with Gasteiger partial charge in [0.15, 0.2) is 0 Å². The molecule has 0 aromatic carbocycles. The Morgan fingerprint density at radius 1 is 1.53 bits per heavy atom. The highest BCUT2D eigenvalue weighted by Crippen LogP contribution is 2.29. The van der Waals surface area contributed by atoms with E-state index in [1.165, 1.54) is 11.3 Å². The molecule has 0 saturated carbocycles. The summed E-state index contributed by atoms with van der Waals surface area (Å²) in [7, 11) is 0. The van der Waals surface area contributed by atoms with E-state index >= 15 is 0 Å². The van der Waals surface area contributed by atoms with Gasteiger partial charge in [-0.05, 0) is 17.5 Å². The SMILES string of the molecule is CC(C)(CNC(=O)c1cc2sccc2s1)/C(N)=N/O. The lowest BCUT2D eigenvalue weighted by Gasteiger charge is -2.22. The van der Waals surface area contributed by atoms with Crippen LogP contribution < -0.4 is 11.1 Å². The molecule has 2 aromatic rings. The Bertz CT molecular complexity index is 599. The summed E-state index contributed by atoms with van der Waals surface area (Å²) in [5.74, 6) is -0.0350. The molecule has 0 radical (unpaired) electrons. The van der Waals surface area contributed by atoms with Crippen molar-refractivity contribution in [3.05, 3.63) is 22.4 Å². The van der Waals surface area contributed by atoms with E-state index in [9.17, 15) is 4.79 Å². The van der Waals surface area contributed by atoms with Crippen molar-refractivity contribution in [3.63, 3.8) is 0 Å². The van der Waals surface area contributed by atoms with Crippen LogP contribution in [0.4, 0.5) is 0 Å². The standard InChI is InChI=1S/C12H15N3O2S2/c1-12(2,11(13)15-17)6-14-10(16)9-5-8-7(19-9)3-4-18-8/h3-5,17H,6H2,1-2H3,(H2,13,15)(H,14,16). The van der Waals surface area contributed by atoms with Crippen molar-refractivity contribution in [1.29, 1.82) is 0 Å². The fourth-order valence-corrected chi connectivity index (χ4v) is 3.52. The number of carbonyl (C=O) groups is 1. The molecule has 0 atom stereocenters. The number of nitrogens with two attached hydrogens (primary N) is 1. The van der Waals surface area contributed by atoms with Gasteiger partial charge in [-0.3, -0.25) is 4.79 Å². The van der Waals surface area contributed by atoms with Crippen molar-refractivity contribution in [2.45, 2.75) is 13.8 Å². The quantitative estimate of drug-likeness (QED) is 0.350. The first-order chi connectivity index (χ1) is 8.94. The second-order valence-electron chi connectivity index (χ2n) is 4.81. The number of rotatable bonds is 4. The third-order valence-corrected chi connectivity index (χ3v) is 4.95. The second kappa shape index (κ2) is 5.18. The summed E-state index contributed by atoms with van der Waals surface area (Å²) in [5.41, 5.74) is 4.99. The van der Waals surface area contributed by atoms with Gasteiger partial charge in [-0.1, -0.05) is 19.0 Å². The van der Waals surface area contributed by atoms with E-state index in [2.05, 4.69) is 10.5 Å². The Labute approximate surface area is 118 Å². The van der Waals surface area contributed by atoms with Crippen LogP contribution in [0.5, 0.6) is 0 Å². The molecule has 5 nitrogen and oxygen atoms in total. The van der Waals surface area contributed by atoms with E-state index in [0.29, 0.717) is 11.4 Å². The van der Waals surface area contributed by atoms with E-state index in [1.54, 1.807) is 25.2 Å². The molecule has 0 fully saturated rings. The predicted octanol–water partition coefficient (Wildman–Crippen LogP) is 2.47. The third-order valence-electron chi connectivity index (χ3n) is 2.86. The number of fused-ring (bicyclic) bond motifs is 1.